The number of carbonyl (C=O) groups excluding carboxylic acids is 1. The van der Waals surface area contributed by atoms with Crippen LogP contribution in [0.3, 0.4) is 0 Å². The van der Waals surface area contributed by atoms with E-state index in [-0.39, 0.29) is 5.91 Å². The molecule has 4 rings (SSSR count). The Morgan fingerprint density at radius 1 is 0.926 bits per heavy atom. The lowest BCUT2D eigenvalue weighted by atomic mass is 10.1. The molecule has 3 aromatic heterocycles. The van der Waals surface area contributed by atoms with E-state index in [4.69, 9.17) is 11.6 Å². The Balaban J connectivity index is 1.76. The van der Waals surface area contributed by atoms with Crippen LogP contribution in [-0.2, 0) is 6.54 Å². The van der Waals surface area contributed by atoms with Crippen molar-refractivity contribution >= 4 is 28.4 Å². The molecule has 4 aromatic rings. The highest BCUT2D eigenvalue weighted by atomic mass is 35.5. The van der Waals surface area contributed by atoms with Crippen LogP contribution in [0.4, 0.5) is 0 Å². The average Bonchev–Trinajstić information content (AvgIpc) is 2.73. The van der Waals surface area contributed by atoms with Gasteiger partial charge in [0, 0.05) is 17.8 Å². The van der Waals surface area contributed by atoms with Crippen molar-refractivity contribution in [1.82, 2.24) is 20.3 Å². The van der Waals surface area contributed by atoms with Crippen LogP contribution < -0.4 is 5.32 Å². The van der Waals surface area contributed by atoms with Crippen molar-refractivity contribution in [2.45, 2.75) is 6.54 Å². The third-order valence-corrected chi connectivity index (χ3v) is 4.42. The zero-order valence-corrected chi connectivity index (χ0v) is 15.0. The number of halogens is 1. The van der Waals surface area contributed by atoms with E-state index in [1.54, 1.807) is 24.5 Å². The predicted octanol–water partition coefficient (Wildman–Crippen LogP) is 4.28. The quantitative estimate of drug-likeness (QED) is 0.579. The van der Waals surface area contributed by atoms with Crippen molar-refractivity contribution in [1.29, 1.82) is 0 Å². The van der Waals surface area contributed by atoms with E-state index in [0.717, 1.165) is 5.69 Å². The molecule has 27 heavy (non-hydrogen) atoms. The minimum atomic E-state index is -0.215. The first-order valence-electron chi connectivity index (χ1n) is 8.41. The average molecular weight is 375 g/mol. The van der Waals surface area contributed by atoms with E-state index in [2.05, 4.69) is 20.3 Å². The first kappa shape index (κ1) is 17.1. The van der Waals surface area contributed by atoms with Gasteiger partial charge in [-0.3, -0.25) is 14.8 Å². The number of para-hydroxylation sites is 1. The fraction of sp³-hybridized carbons (Fsp3) is 0.0476. The molecule has 0 unspecified atom stereocenters. The molecule has 5 nitrogen and oxygen atoms in total. The van der Waals surface area contributed by atoms with E-state index in [9.17, 15) is 4.79 Å². The summed E-state index contributed by atoms with van der Waals surface area (Å²) in [6, 6.07) is 18.3. The molecule has 0 spiro atoms. The number of aromatic nitrogens is 3. The number of carbonyl (C=O) groups is 1. The van der Waals surface area contributed by atoms with E-state index in [1.807, 2.05) is 48.5 Å². The number of pyridine rings is 3. The molecule has 132 valence electrons. The van der Waals surface area contributed by atoms with Crippen LogP contribution in [0, 0.1) is 0 Å². The summed E-state index contributed by atoms with van der Waals surface area (Å²) >= 11 is 6.34. The van der Waals surface area contributed by atoms with Gasteiger partial charge < -0.3 is 5.32 Å². The normalized spacial score (nSPS) is 10.7. The van der Waals surface area contributed by atoms with Crippen LogP contribution in [0.15, 0.2) is 73.1 Å². The van der Waals surface area contributed by atoms with Gasteiger partial charge in [-0.2, -0.15) is 0 Å². The summed E-state index contributed by atoms with van der Waals surface area (Å²) in [6.45, 7) is 0.336. The molecule has 0 aliphatic heterocycles. The molecule has 0 aliphatic carbocycles. The SMILES string of the molecule is O=C(NCc1ccccn1)c1cc(-c2ccccn2)nc2c(Cl)cccc12. The van der Waals surface area contributed by atoms with Gasteiger partial charge in [-0.15, -0.1) is 0 Å². The van der Waals surface area contributed by atoms with E-state index in [0.29, 0.717) is 39.4 Å². The number of nitrogens with zero attached hydrogens (tertiary/aromatic N) is 3. The zero-order valence-electron chi connectivity index (χ0n) is 14.3. The summed E-state index contributed by atoms with van der Waals surface area (Å²) in [4.78, 5) is 26.1. The minimum Gasteiger partial charge on any atom is -0.346 e. The van der Waals surface area contributed by atoms with Crippen LogP contribution >= 0.6 is 11.6 Å². The Morgan fingerprint density at radius 3 is 2.48 bits per heavy atom. The molecule has 0 saturated carbocycles. The fourth-order valence-corrected chi connectivity index (χ4v) is 3.03. The van der Waals surface area contributed by atoms with Crippen molar-refractivity contribution < 1.29 is 4.79 Å². The van der Waals surface area contributed by atoms with Gasteiger partial charge in [0.05, 0.1) is 39.7 Å². The number of hydrogen-bond acceptors (Lipinski definition) is 4. The lowest BCUT2D eigenvalue weighted by Gasteiger charge is -2.11. The lowest BCUT2D eigenvalue weighted by Crippen LogP contribution is -2.23. The van der Waals surface area contributed by atoms with Crippen molar-refractivity contribution in [3.63, 3.8) is 0 Å². The summed E-state index contributed by atoms with van der Waals surface area (Å²) in [5, 5.41) is 4.10. The molecule has 0 fully saturated rings. The molecular weight excluding hydrogens is 360 g/mol. The summed E-state index contributed by atoms with van der Waals surface area (Å²) in [5.41, 5.74) is 3.13. The topological polar surface area (TPSA) is 67.8 Å². The number of benzene rings is 1. The zero-order chi connectivity index (χ0) is 18.6. The van der Waals surface area contributed by atoms with Gasteiger partial charge in [0.1, 0.15) is 0 Å². The molecule has 6 heteroatoms. The summed E-state index contributed by atoms with van der Waals surface area (Å²) in [5.74, 6) is -0.215. The Hall–Kier alpha value is -3.31. The highest BCUT2D eigenvalue weighted by Gasteiger charge is 2.16. The number of nitrogens with one attached hydrogen (secondary N) is 1. The Bertz CT molecular complexity index is 1100. The maximum Gasteiger partial charge on any atom is 0.252 e. The van der Waals surface area contributed by atoms with Gasteiger partial charge in [-0.1, -0.05) is 35.9 Å². The second-order valence-electron chi connectivity index (χ2n) is 5.91. The smallest absolute Gasteiger partial charge is 0.252 e. The highest BCUT2D eigenvalue weighted by molar-refractivity contribution is 6.35. The van der Waals surface area contributed by atoms with Crippen molar-refractivity contribution in [2.75, 3.05) is 0 Å². The Morgan fingerprint density at radius 2 is 1.74 bits per heavy atom. The number of fused-ring (bicyclic) bond motifs is 1. The molecule has 1 amide bonds. The Kier molecular flexibility index (Phi) is 4.77. The monoisotopic (exact) mass is 374 g/mol. The van der Waals surface area contributed by atoms with Gasteiger partial charge in [0.2, 0.25) is 0 Å². The molecular formula is C21H15ClN4O. The van der Waals surface area contributed by atoms with Crippen LogP contribution in [0.2, 0.25) is 5.02 Å². The number of hydrogen-bond donors (Lipinski definition) is 1. The lowest BCUT2D eigenvalue weighted by molar-refractivity contribution is 0.0952. The summed E-state index contributed by atoms with van der Waals surface area (Å²) < 4.78 is 0. The largest absolute Gasteiger partial charge is 0.346 e. The van der Waals surface area contributed by atoms with Crippen molar-refractivity contribution in [3.8, 4) is 11.4 Å². The summed E-state index contributed by atoms with van der Waals surface area (Å²) in [6.07, 6.45) is 3.39. The molecule has 1 aromatic carbocycles. The first-order valence-corrected chi connectivity index (χ1v) is 8.79. The maximum absolute atomic E-state index is 12.9. The van der Waals surface area contributed by atoms with Crippen molar-refractivity contribution in [3.05, 3.63) is 89.3 Å². The summed E-state index contributed by atoms with van der Waals surface area (Å²) in [7, 11) is 0. The van der Waals surface area contributed by atoms with E-state index < -0.39 is 0 Å². The standard InChI is InChI=1S/C21H15ClN4O/c22-17-8-5-7-15-16(21(27)25-13-14-6-1-3-10-23-14)12-19(26-20(15)17)18-9-2-4-11-24-18/h1-12H,13H2,(H,25,27). The Labute approximate surface area is 161 Å². The van der Waals surface area contributed by atoms with Gasteiger partial charge in [0.15, 0.2) is 0 Å². The minimum absolute atomic E-state index is 0.215. The molecule has 3 heterocycles. The van der Waals surface area contributed by atoms with Crippen LogP contribution in [0.1, 0.15) is 16.1 Å². The van der Waals surface area contributed by atoms with E-state index >= 15 is 0 Å². The second kappa shape index (κ2) is 7.51. The van der Waals surface area contributed by atoms with Gasteiger partial charge in [0.25, 0.3) is 5.91 Å². The number of rotatable bonds is 4. The number of amides is 1. The molecule has 0 aliphatic rings. The maximum atomic E-state index is 12.9. The van der Waals surface area contributed by atoms with Crippen LogP contribution in [0.25, 0.3) is 22.3 Å². The molecule has 0 radical (unpaired) electrons. The highest BCUT2D eigenvalue weighted by Crippen LogP contribution is 2.28. The molecule has 0 saturated heterocycles. The van der Waals surface area contributed by atoms with Gasteiger partial charge in [-0.25, -0.2) is 4.98 Å². The fourth-order valence-electron chi connectivity index (χ4n) is 2.82. The molecule has 0 atom stereocenters. The van der Waals surface area contributed by atoms with Gasteiger partial charge >= 0.3 is 0 Å². The van der Waals surface area contributed by atoms with E-state index in [1.165, 1.54) is 0 Å². The third kappa shape index (κ3) is 3.64. The molecule has 0 bridgehead atoms. The second-order valence-corrected chi connectivity index (χ2v) is 6.32. The van der Waals surface area contributed by atoms with Crippen LogP contribution in [-0.4, -0.2) is 20.9 Å². The first-order chi connectivity index (χ1) is 13.2. The predicted molar refractivity (Wildman–Crippen MR) is 105 cm³/mol. The molecule has 1 N–H and O–H groups in total. The van der Waals surface area contributed by atoms with Crippen molar-refractivity contribution in [2.24, 2.45) is 0 Å². The van der Waals surface area contributed by atoms with Gasteiger partial charge in [-0.05, 0) is 36.4 Å². The van der Waals surface area contributed by atoms with Crippen LogP contribution in [0.5, 0.6) is 0 Å². The third-order valence-electron chi connectivity index (χ3n) is 4.12.